The fourth-order valence-corrected chi connectivity index (χ4v) is 2.88. The van der Waals surface area contributed by atoms with Gasteiger partial charge in [-0.3, -0.25) is 9.36 Å². The number of imidazole rings is 1. The van der Waals surface area contributed by atoms with Gasteiger partial charge in [0.1, 0.15) is 11.6 Å². The van der Waals surface area contributed by atoms with Crippen LogP contribution in [0.3, 0.4) is 0 Å². The third-order valence-electron chi connectivity index (χ3n) is 4.24. The van der Waals surface area contributed by atoms with Crippen LogP contribution in [0.1, 0.15) is 21.7 Å². The lowest BCUT2D eigenvalue weighted by atomic mass is 10.1. The molecule has 4 rings (SSSR count). The Morgan fingerprint density at radius 2 is 1.93 bits per heavy atom. The molecule has 1 amide bonds. The summed E-state index contributed by atoms with van der Waals surface area (Å²) in [6, 6.07) is 13.0. The Balaban J connectivity index is 1.52. The van der Waals surface area contributed by atoms with E-state index in [-0.39, 0.29) is 5.91 Å². The van der Waals surface area contributed by atoms with Gasteiger partial charge in [-0.2, -0.15) is 5.10 Å². The summed E-state index contributed by atoms with van der Waals surface area (Å²) in [6.45, 7) is 2.32. The molecule has 0 aliphatic heterocycles. The van der Waals surface area contributed by atoms with Crippen LogP contribution in [0.5, 0.6) is 0 Å². The Morgan fingerprint density at radius 1 is 1.04 bits per heavy atom. The average Bonchev–Trinajstić information content (AvgIpc) is 3.38. The maximum atomic E-state index is 12.7. The minimum atomic E-state index is -0.154. The van der Waals surface area contributed by atoms with Gasteiger partial charge >= 0.3 is 0 Å². The van der Waals surface area contributed by atoms with E-state index in [2.05, 4.69) is 20.4 Å². The first-order valence-electron chi connectivity index (χ1n) is 8.55. The Hall–Kier alpha value is -3.74. The van der Waals surface area contributed by atoms with Crippen LogP contribution in [0.15, 0.2) is 73.4 Å². The Bertz CT molecular complexity index is 1070. The second kappa shape index (κ2) is 7.25. The van der Waals surface area contributed by atoms with Gasteiger partial charge in [-0.15, -0.1) is 0 Å². The maximum Gasteiger partial charge on any atom is 0.253 e. The minimum absolute atomic E-state index is 0.154. The number of carbonyl (C=O) groups is 1. The molecule has 0 radical (unpaired) electrons. The molecule has 0 bridgehead atoms. The Morgan fingerprint density at radius 3 is 2.70 bits per heavy atom. The Labute approximate surface area is 156 Å². The van der Waals surface area contributed by atoms with Crippen LogP contribution in [0, 0.1) is 6.92 Å². The van der Waals surface area contributed by atoms with Crippen LogP contribution in [-0.2, 0) is 6.54 Å². The van der Waals surface area contributed by atoms with E-state index in [0.717, 1.165) is 22.9 Å². The number of pyridine rings is 1. The summed E-state index contributed by atoms with van der Waals surface area (Å²) in [4.78, 5) is 21.3. The van der Waals surface area contributed by atoms with E-state index >= 15 is 0 Å². The fourth-order valence-electron chi connectivity index (χ4n) is 2.88. The van der Waals surface area contributed by atoms with Gasteiger partial charge in [-0.05, 0) is 42.8 Å². The average molecular weight is 358 g/mol. The largest absolute Gasteiger partial charge is 0.348 e. The van der Waals surface area contributed by atoms with Crippen molar-refractivity contribution in [1.82, 2.24) is 29.6 Å². The molecule has 0 aliphatic carbocycles. The zero-order chi connectivity index (χ0) is 18.6. The monoisotopic (exact) mass is 358 g/mol. The third kappa shape index (κ3) is 3.48. The van der Waals surface area contributed by atoms with Crippen molar-refractivity contribution in [3.8, 4) is 11.5 Å². The summed E-state index contributed by atoms with van der Waals surface area (Å²) in [7, 11) is 0. The van der Waals surface area contributed by atoms with Gasteiger partial charge in [0, 0.05) is 37.5 Å². The number of hydrogen-bond acceptors (Lipinski definition) is 4. The van der Waals surface area contributed by atoms with Crippen molar-refractivity contribution >= 4 is 5.91 Å². The molecule has 0 saturated carbocycles. The number of aromatic nitrogens is 5. The molecule has 0 spiro atoms. The van der Waals surface area contributed by atoms with E-state index in [4.69, 9.17) is 0 Å². The van der Waals surface area contributed by atoms with Crippen LogP contribution in [0.4, 0.5) is 0 Å². The number of amides is 1. The van der Waals surface area contributed by atoms with Gasteiger partial charge in [0.2, 0.25) is 0 Å². The van der Waals surface area contributed by atoms with E-state index < -0.39 is 0 Å². The van der Waals surface area contributed by atoms with Gasteiger partial charge in [0.05, 0.1) is 11.3 Å². The van der Waals surface area contributed by atoms with Crippen molar-refractivity contribution in [3.63, 3.8) is 0 Å². The highest BCUT2D eigenvalue weighted by Gasteiger charge is 2.12. The molecule has 0 atom stereocenters. The van der Waals surface area contributed by atoms with E-state index in [1.54, 1.807) is 29.3 Å². The molecule has 3 aromatic heterocycles. The van der Waals surface area contributed by atoms with E-state index in [0.29, 0.717) is 12.1 Å². The SMILES string of the molecule is Cc1nccn1-c1cc(CNC(=O)c2ccccc2-n2cccn2)ccn1. The second-order valence-corrected chi connectivity index (χ2v) is 6.02. The molecule has 0 aliphatic rings. The van der Waals surface area contributed by atoms with Crippen LogP contribution in [-0.4, -0.2) is 30.2 Å². The molecular weight excluding hydrogens is 340 g/mol. The lowest BCUT2D eigenvalue weighted by Gasteiger charge is -2.11. The first-order chi connectivity index (χ1) is 13.2. The Kier molecular flexibility index (Phi) is 4.49. The summed E-state index contributed by atoms with van der Waals surface area (Å²) >= 11 is 0. The molecule has 134 valence electrons. The van der Waals surface area contributed by atoms with E-state index in [1.165, 1.54) is 0 Å². The van der Waals surface area contributed by atoms with Crippen LogP contribution in [0.25, 0.3) is 11.5 Å². The lowest BCUT2D eigenvalue weighted by molar-refractivity contribution is 0.0950. The first-order valence-corrected chi connectivity index (χ1v) is 8.55. The van der Waals surface area contributed by atoms with Crippen molar-refractivity contribution in [2.75, 3.05) is 0 Å². The summed E-state index contributed by atoms with van der Waals surface area (Å²) in [6.07, 6.45) is 8.83. The highest BCUT2D eigenvalue weighted by Crippen LogP contribution is 2.14. The maximum absolute atomic E-state index is 12.7. The fraction of sp³-hybridized carbons (Fsp3) is 0.100. The van der Waals surface area contributed by atoms with Crippen molar-refractivity contribution in [3.05, 3.63) is 90.4 Å². The first kappa shape index (κ1) is 16.7. The zero-order valence-electron chi connectivity index (χ0n) is 14.8. The predicted molar refractivity (Wildman–Crippen MR) is 101 cm³/mol. The molecule has 0 fully saturated rings. The van der Waals surface area contributed by atoms with Gasteiger partial charge in [0.15, 0.2) is 0 Å². The summed E-state index contributed by atoms with van der Waals surface area (Å²) in [5.74, 6) is 1.48. The van der Waals surface area contributed by atoms with Crippen molar-refractivity contribution in [2.24, 2.45) is 0 Å². The predicted octanol–water partition coefficient (Wildman–Crippen LogP) is 2.69. The van der Waals surface area contributed by atoms with Gasteiger partial charge in [0.25, 0.3) is 5.91 Å². The number of benzene rings is 1. The lowest BCUT2D eigenvalue weighted by Crippen LogP contribution is -2.24. The number of carbonyl (C=O) groups excluding carboxylic acids is 1. The van der Waals surface area contributed by atoms with Gasteiger partial charge < -0.3 is 5.32 Å². The molecule has 1 N–H and O–H groups in total. The van der Waals surface area contributed by atoms with Gasteiger partial charge in [-0.1, -0.05) is 12.1 Å². The quantitative estimate of drug-likeness (QED) is 0.595. The summed E-state index contributed by atoms with van der Waals surface area (Å²) in [5, 5.41) is 7.19. The smallest absolute Gasteiger partial charge is 0.253 e. The van der Waals surface area contributed by atoms with E-state index in [9.17, 15) is 4.79 Å². The van der Waals surface area contributed by atoms with Crippen LogP contribution >= 0.6 is 0 Å². The molecule has 7 heteroatoms. The summed E-state index contributed by atoms with van der Waals surface area (Å²) in [5.41, 5.74) is 2.27. The molecule has 27 heavy (non-hydrogen) atoms. The zero-order valence-corrected chi connectivity index (χ0v) is 14.8. The topological polar surface area (TPSA) is 77.6 Å². The molecular formula is C20H18N6O. The summed E-state index contributed by atoms with van der Waals surface area (Å²) < 4.78 is 3.58. The number of rotatable bonds is 5. The highest BCUT2D eigenvalue weighted by atomic mass is 16.1. The highest BCUT2D eigenvalue weighted by molar-refractivity contribution is 5.97. The third-order valence-corrected chi connectivity index (χ3v) is 4.24. The molecule has 0 unspecified atom stereocenters. The number of aryl methyl sites for hydroxylation is 1. The van der Waals surface area contributed by atoms with Crippen molar-refractivity contribution in [1.29, 1.82) is 0 Å². The van der Waals surface area contributed by atoms with E-state index in [1.807, 2.05) is 60.3 Å². The van der Waals surface area contributed by atoms with Crippen LogP contribution < -0.4 is 5.32 Å². The standard InChI is InChI=1S/C20H18N6O/c1-15-21-10-12-25(15)19-13-16(7-9-22-19)14-23-20(27)17-5-2-3-6-18(17)26-11-4-8-24-26/h2-13H,14H2,1H3,(H,23,27). The molecule has 0 saturated heterocycles. The van der Waals surface area contributed by atoms with Crippen molar-refractivity contribution < 1.29 is 4.79 Å². The molecule has 7 nitrogen and oxygen atoms in total. The molecule has 1 aromatic carbocycles. The van der Waals surface area contributed by atoms with Gasteiger partial charge in [-0.25, -0.2) is 14.6 Å². The molecule has 3 heterocycles. The number of hydrogen-bond donors (Lipinski definition) is 1. The second-order valence-electron chi connectivity index (χ2n) is 6.02. The normalized spacial score (nSPS) is 10.7. The molecule has 4 aromatic rings. The number of nitrogens with zero attached hydrogens (tertiary/aromatic N) is 5. The minimum Gasteiger partial charge on any atom is -0.348 e. The number of nitrogens with one attached hydrogen (secondary N) is 1. The number of para-hydroxylation sites is 1. The van der Waals surface area contributed by atoms with Crippen molar-refractivity contribution in [2.45, 2.75) is 13.5 Å². The van der Waals surface area contributed by atoms with Crippen LogP contribution in [0.2, 0.25) is 0 Å².